The van der Waals surface area contributed by atoms with Gasteiger partial charge >= 0.3 is 0 Å². The van der Waals surface area contributed by atoms with Crippen molar-refractivity contribution < 1.29 is 0 Å². The van der Waals surface area contributed by atoms with Gasteiger partial charge in [-0.15, -0.1) is 10.2 Å². The molecular weight excluding hydrogens is 307 g/mol. The summed E-state index contributed by atoms with van der Waals surface area (Å²) in [7, 11) is 0. The van der Waals surface area contributed by atoms with E-state index in [2.05, 4.69) is 33.9 Å². The maximum atomic E-state index is 6.29. The van der Waals surface area contributed by atoms with Crippen molar-refractivity contribution in [3.05, 3.63) is 45.5 Å². The molecule has 2 unspecified atom stereocenters. The standard InChI is InChI=1S/C15H18Cl2N4/c1-9(11-5-3-6-12(16)14(11)17)18-10(2)15-20-19-13-7-4-8-21(13)15/h3,5-6,9-10,18H,4,7-8H2,1-2H3. The monoisotopic (exact) mass is 324 g/mol. The van der Waals surface area contributed by atoms with Gasteiger partial charge in [0.15, 0.2) is 0 Å². The zero-order valence-corrected chi connectivity index (χ0v) is 13.6. The maximum Gasteiger partial charge on any atom is 0.149 e. The van der Waals surface area contributed by atoms with E-state index in [1.54, 1.807) is 6.07 Å². The number of rotatable bonds is 4. The van der Waals surface area contributed by atoms with Gasteiger partial charge < -0.3 is 9.88 Å². The average Bonchev–Trinajstić information content (AvgIpc) is 3.03. The Labute approximate surface area is 134 Å². The number of aryl methyl sites for hydroxylation is 1. The normalized spacial score (nSPS) is 16.8. The summed E-state index contributed by atoms with van der Waals surface area (Å²) in [6, 6.07) is 5.90. The number of halogens is 2. The summed E-state index contributed by atoms with van der Waals surface area (Å²) in [6.07, 6.45) is 2.18. The lowest BCUT2D eigenvalue weighted by Crippen LogP contribution is -2.25. The molecule has 0 fully saturated rings. The highest BCUT2D eigenvalue weighted by Gasteiger charge is 2.23. The van der Waals surface area contributed by atoms with E-state index in [9.17, 15) is 0 Å². The molecule has 2 heterocycles. The van der Waals surface area contributed by atoms with E-state index >= 15 is 0 Å². The summed E-state index contributed by atoms with van der Waals surface area (Å²) in [6.45, 7) is 5.19. The summed E-state index contributed by atoms with van der Waals surface area (Å²) in [5.74, 6) is 2.08. The van der Waals surface area contributed by atoms with Crippen molar-refractivity contribution in [2.75, 3.05) is 0 Å². The third kappa shape index (κ3) is 2.80. The lowest BCUT2D eigenvalue weighted by molar-refractivity contribution is 0.460. The van der Waals surface area contributed by atoms with Gasteiger partial charge in [-0.1, -0.05) is 35.3 Å². The van der Waals surface area contributed by atoms with Gasteiger partial charge in [-0.05, 0) is 31.9 Å². The molecule has 2 aromatic rings. The number of fused-ring (bicyclic) bond motifs is 1. The Morgan fingerprint density at radius 1 is 1.19 bits per heavy atom. The number of nitrogens with one attached hydrogen (secondary N) is 1. The highest BCUT2D eigenvalue weighted by Crippen LogP contribution is 2.31. The Balaban J connectivity index is 1.78. The largest absolute Gasteiger partial charge is 0.314 e. The van der Waals surface area contributed by atoms with E-state index in [1.807, 2.05) is 12.1 Å². The maximum absolute atomic E-state index is 6.29. The van der Waals surface area contributed by atoms with Crippen LogP contribution < -0.4 is 5.32 Å². The molecule has 112 valence electrons. The summed E-state index contributed by atoms with van der Waals surface area (Å²) >= 11 is 12.4. The molecule has 4 nitrogen and oxygen atoms in total. The zero-order chi connectivity index (χ0) is 15.0. The van der Waals surface area contributed by atoms with Gasteiger partial charge in [0.25, 0.3) is 0 Å². The molecule has 1 aromatic carbocycles. The Kier molecular flexibility index (Phi) is 4.20. The topological polar surface area (TPSA) is 42.7 Å². The van der Waals surface area contributed by atoms with Crippen LogP contribution in [-0.2, 0) is 13.0 Å². The van der Waals surface area contributed by atoms with Crippen LogP contribution in [0.15, 0.2) is 18.2 Å². The van der Waals surface area contributed by atoms with Crippen LogP contribution in [-0.4, -0.2) is 14.8 Å². The molecule has 1 N–H and O–H groups in total. The zero-order valence-electron chi connectivity index (χ0n) is 12.1. The number of nitrogens with zero attached hydrogens (tertiary/aromatic N) is 3. The van der Waals surface area contributed by atoms with Crippen LogP contribution >= 0.6 is 23.2 Å². The van der Waals surface area contributed by atoms with Crippen molar-refractivity contribution in [2.45, 2.75) is 45.3 Å². The van der Waals surface area contributed by atoms with Gasteiger partial charge in [-0.3, -0.25) is 0 Å². The van der Waals surface area contributed by atoms with Crippen LogP contribution in [0.1, 0.15) is 49.6 Å². The molecule has 0 amide bonds. The van der Waals surface area contributed by atoms with Crippen molar-refractivity contribution >= 4 is 23.2 Å². The first-order valence-electron chi connectivity index (χ1n) is 7.20. The molecule has 3 rings (SSSR count). The second kappa shape index (κ2) is 5.95. The van der Waals surface area contributed by atoms with E-state index in [0.717, 1.165) is 36.6 Å². The first-order valence-corrected chi connectivity index (χ1v) is 7.95. The van der Waals surface area contributed by atoms with Crippen LogP contribution in [0.4, 0.5) is 0 Å². The van der Waals surface area contributed by atoms with Gasteiger partial charge in [0.2, 0.25) is 0 Å². The minimum atomic E-state index is 0.0838. The molecule has 0 bridgehead atoms. The van der Waals surface area contributed by atoms with Crippen LogP contribution in [0, 0.1) is 0 Å². The van der Waals surface area contributed by atoms with Crippen LogP contribution in [0.3, 0.4) is 0 Å². The highest BCUT2D eigenvalue weighted by molar-refractivity contribution is 6.42. The lowest BCUT2D eigenvalue weighted by atomic mass is 10.1. The Hall–Kier alpha value is -1.10. The van der Waals surface area contributed by atoms with E-state index in [1.165, 1.54) is 0 Å². The lowest BCUT2D eigenvalue weighted by Gasteiger charge is -2.21. The minimum Gasteiger partial charge on any atom is -0.314 e. The van der Waals surface area contributed by atoms with E-state index in [0.29, 0.717) is 10.0 Å². The molecule has 21 heavy (non-hydrogen) atoms. The summed E-state index contributed by atoms with van der Waals surface area (Å²) < 4.78 is 2.21. The molecule has 0 spiro atoms. The fraction of sp³-hybridized carbons (Fsp3) is 0.467. The molecule has 1 aliphatic rings. The van der Waals surface area contributed by atoms with Gasteiger partial charge in [0.05, 0.1) is 16.1 Å². The molecule has 1 aromatic heterocycles. The van der Waals surface area contributed by atoms with Crippen molar-refractivity contribution in [1.29, 1.82) is 0 Å². The Morgan fingerprint density at radius 3 is 2.81 bits per heavy atom. The third-order valence-electron chi connectivity index (χ3n) is 3.97. The van der Waals surface area contributed by atoms with E-state index in [-0.39, 0.29) is 12.1 Å². The smallest absolute Gasteiger partial charge is 0.149 e. The number of hydrogen-bond donors (Lipinski definition) is 1. The number of hydrogen-bond acceptors (Lipinski definition) is 3. The summed E-state index contributed by atoms with van der Waals surface area (Å²) in [5, 5.41) is 13.3. The Morgan fingerprint density at radius 2 is 2.00 bits per heavy atom. The fourth-order valence-electron chi connectivity index (χ4n) is 2.89. The van der Waals surface area contributed by atoms with Gasteiger partial charge in [0, 0.05) is 19.0 Å². The van der Waals surface area contributed by atoms with E-state index in [4.69, 9.17) is 23.2 Å². The van der Waals surface area contributed by atoms with Crippen LogP contribution in [0.25, 0.3) is 0 Å². The van der Waals surface area contributed by atoms with Gasteiger partial charge in [-0.2, -0.15) is 0 Å². The van der Waals surface area contributed by atoms with Crippen molar-refractivity contribution in [1.82, 2.24) is 20.1 Å². The third-order valence-corrected chi connectivity index (χ3v) is 4.81. The average molecular weight is 325 g/mol. The molecule has 2 atom stereocenters. The highest BCUT2D eigenvalue weighted by atomic mass is 35.5. The fourth-order valence-corrected chi connectivity index (χ4v) is 3.36. The number of aromatic nitrogens is 3. The summed E-state index contributed by atoms with van der Waals surface area (Å²) in [4.78, 5) is 0. The predicted octanol–water partition coefficient (Wildman–Crippen LogP) is 3.94. The molecule has 0 radical (unpaired) electrons. The molecule has 0 saturated heterocycles. The quantitative estimate of drug-likeness (QED) is 0.926. The second-order valence-corrected chi connectivity index (χ2v) is 6.27. The van der Waals surface area contributed by atoms with Crippen molar-refractivity contribution in [3.8, 4) is 0 Å². The SMILES string of the molecule is CC(NC(C)c1nnc2n1CCC2)c1cccc(Cl)c1Cl. The second-order valence-electron chi connectivity index (χ2n) is 5.48. The first kappa shape index (κ1) is 14.8. The summed E-state index contributed by atoms with van der Waals surface area (Å²) in [5.41, 5.74) is 0.997. The van der Waals surface area contributed by atoms with Crippen molar-refractivity contribution in [2.24, 2.45) is 0 Å². The van der Waals surface area contributed by atoms with Gasteiger partial charge in [-0.25, -0.2) is 0 Å². The van der Waals surface area contributed by atoms with Crippen LogP contribution in [0.2, 0.25) is 10.0 Å². The van der Waals surface area contributed by atoms with Crippen molar-refractivity contribution in [3.63, 3.8) is 0 Å². The molecule has 0 saturated carbocycles. The van der Waals surface area contributed by atoms with Crippen LogP contribution in [0.5, 0.6) is 0 Å². The minimum absolute atomic E-state index is 0.0838. The first-order chi connectivity index (χ1) is 10.1. The number of benzene rings is 1. The Bertz CT molecular complexity index is 653. The molecule has 1 aliphatic heterocycles. The molecule has 0 aliphatic carbocycles. The van der Waals surface area contributed by atoms with Gasteiger partial charge in [0.1, 0.15) is 11.6 Å². The molecular formula is C15H18Cl2N4. The predicted molar refractivity (Wildman–Crippen MR) is 84.8 cm³/mol. The molecule has 6 heteroatoms. The van der Waals surface area contributed by atoms with E-state index < -0.39 is 0 Å².